The van der Waals surface area contributed by atoms with Gasteiger partial charge in [0.2, 0.25) is 0 Å². The van der Waals surface area contributed by atoms with Gasteiger partial charge in [-0.05, 0) is 60.4 Å². The van der Waals surface area contributed by atoms with Crippen molar-refractivity contribution in [2.45, 2.75) is 37.6 Å². The lowest BCUT2D eigenvalue weighted by atomic mass is 9.82. The maximum absolute atomic E-state index is 5.83. The van der Waals surface area contributed by atoms with Crippen LogP contribution in [-0.4, -0.2) is 52.7 Å². The van der Waals surface area contributed by atoms with Gasteiger partial charge in [-0.3, -0.25) is 3.53 Å². The van der Waals surface area contributed by atoms with E-state index in [-0.39, 0.29) is 0 Å². The van der Waals surface area contributed by atoms with Crippen LogP contribution in [0.1, 0.15) is 37.2 Å². The highest BCUT2D eigenvalue weighted by Gasteiger charge is 2.21. The molecule has 1 aliphatic rings. The number of halogens is 1. The molecule has 0 amide bonds. The smallest absolute Gasteiger partial charge is 0.119 e. The maximum atomic E-state index is 5.83. The molecular weight excluding hydrogens is 503 g/mol. The Balaban J connectivity index is 1.38. The first-order valence-corrected chi connectivity index (χ1v) is 12.3. The van der Waals surface area contributed by atoms with E-state index in [1.54, 1.807) is 7.11 Å². The molecule has 0 unspecified atom stereocenters. The van der Waals surface area contributed by atoms with Gasteiger partial charge in [-0.15, -0.1) is 0 Å². The Morgan fingerprint density at radius 2 is 1.45 bits per heavy atom. The first kappa shape index (κ1) is 24.5. The highest BCUT2D eigenvalue weighted by atomic mass is 127. The van der Waals surface area contributed by atoms with Gasteiger partial charge in [-0.25, -0.2) is 0 Å². The summed E-state index contributed by atoms with van der Waals surface area (Å²) in [4.78, 5) is 0. The Morgan fingerprint density at radius 1 is 0.806 bits per heavy atom. The third-order valence-electron chi connectivity index (χ3n) is 5.85. The molecule has 2 aromatic rings. The first-order valence-electron chi connectivity index (χ1n) is 11.3. The SMILES string of the molecule is COCCOCCNCCOc1ccc(-c2ccc(C3CCC(NI)CC3)cc2)cc1. The van der Waals surface area contributed by atoms with Crippen molar-refractivity contribution in [3.8, 4) is 16.9 Å². The molecule has 0 aromatic heterocycles. The standard InChI is InChI=1S/C25H35IN2O3/c1-29-18-19-30-16-14-27-15-17-31-25-12-8-23(9-13-25)21-4-2-20(3-5-21)22-6-10-24(28-26)11-7-22/h2-5,8-9,12-13,22,24,27-28H,6-7,10-11,14-19H2,1H3. The lowest BCUT2D eigenvalue weighted by Gasteiger charge is -2.28. The van der Waals surface area contributed by atoms with E-state index in [9.17, 15) is 0 Å². The van der Waals surface area contributed by atoms with E-state index < -0.39 is 0 Å². The van der Waals surface area contributed by atoms with Crippen LogP contribution in [0.15, 0.2) is 48.5 Å². The molecule has 0 spiro atoms. The fraction of sp³-hybridized carbons (Fsp3) is 0.520. The Morgan fingerprint density at radius 3 is 2.10 bits per heavy atom. The highest BCUT2D eigenvalue weighted by molar-refractivity contribution is 14.1. The summed E-state index contributed by atoms with van der Waals surface area (Å²) in [5.41, 5.74) is 3.96. The average molecular weight is 538 g/mol. The van der Waals surface area contributed by atoms with Crippen LogP contribution in [0.25, 0.3) is 11.1 Å². The molecule has 31 heavy (non-hydrogen) atoms. The predicted octanol–water partition coefficient (Wildman–Crippen LogP) is 4.95. The largest absolute Gasteiger partial charge is 0.492 e. The third kappa shape index (κ3) is 8.35. The molecule has 2 aromatic carbocycles. The molecule has 1 saturated carbocycles. The molecule has 1 fully saturated rings. The van der Waals surface area contributed by atoms with Gasteiger partial charge in [0.05, 0.1) is 19.8 Å². The van der Waals surface area contributed by atoms with Crippen LogP contribution in [0.4, 0.5) is 0 Å². The van der Waals surface area contributed by atoms with Crippen molar-refractivity contribution in [1.82, 2.24) is 8.85 Å². The summed E-state index contributed by atoms with van der Waals surface area (Å²) in [6.07, 6.45) is 5.10. The van der Waals surface area contributed by atoms with Crippen molar-refractivity contribution in [1.29, 1.82) is 0 Å². The molecule has 0 radical (unpaired) electrons. The zero-order chi connectivity index (χ0) is 21.7. The molecule has 5 nitrogen and oxygen atoms in total. The molecule has 2 N–H and O–H groups in total. The van der Waals surface area contributed by atoms with Crippen molar-refractivity contribution in [2.24, 2.45) is 0 Å². The van der Waals surface area contributed by atoms with E-state index in [1.807, 2.05) is 0 Å². The minimum absolute atomic E-state index is 0.640. The molecule has 1 aliphatic carbocycles. The summed E-state index contributed by atoms with van der Waals surface area (Å²) in [5.74, 6) is 1.61. The van der Waals surface area contributed by atoms with Crippen LogP contribution < -0.4 is 13.6 Å². The van der Waals surface area contributed by atoms with Crippen LogP contribution >= 0.6 is 22.9 Å². The lowest BCUT2D eigenvalue weighted by Crippen LogP contribution is -2.25. The fourth-order valence-electron chi connectivity index (χ4n) is 3.98. The van der Waals surface area contributed by atoms with Gasteiger partial charge in [0.1, 0.15) is 12.4 Å². The number of hydrogen-bond acceptors (Lipinski definition) is 5. The van der Waals surface area contributed by atoms with E-state index in [4.69, 9.17) is 14.2 Å². The number of nitrogens with one attached hydrogen (secondary N) is 2. The van der Waals surface area contributed by atoms with Gasteiger partial charge < -0.3 is 19.5 Å². The molecule has 0 saturated heterocycles. The topological polar surface area (TPSA) is 51.8 Å². The second-order valence-corrected chi connectivity index (χ2v) is 8.63. The number of hydrogen-bond donors (Lipinski definition) is 2. The van der Waals surface area contributed by atoms with E-state index in [2.05, 4.69) is 80.2 Å². The van der Waals surface area contributed by atoms with Crippen molar-refractivity contribution >= 4 is 22.9 Å². The minimum Gasteiger partial charge on any atom is -0.492 e. The predicted molar refractivity (Wildman–Crippen MR) is 135 cm³/mol. The Hall–Kier alpha value is -1.19. The highest BCUT2D eigenvalue weighted by Crippen LogP contribution is 2.34. The summed E-state index contributed by atoms with van der Waals surface area (Å²) in [5, 5.41) is 3.31. The van der Waals surface area contributed by atoms with Gasteiger partial charge in [-0.2, -0.15) is 0 Å². The van der Waals surface area contributed by atoms with E-state index in [0.717, 1.165) is 18.8 Å². The van der Waals surface area contributed by atoms with Gasteiger partial charge >= 0.3 is 0 Å². The van der Waals surface area contributed by atoms with E-state index in [1.165, 1.54) is 42.4 Å². The molecule has 0 atom stereocenters. The third-order valence-corrected chi connectivity index (χ3v) is 6.73. The second-order valence-electron chi connectivity index (χ2n) is 8.01. The molecule has 0 aliphatic heterocycles. The molecular formula is C25H35IN2O3. The maximum Gasteiger partial charge on any atom is 0.119 e. The number of rotatable bonds is 13. The fourth-order valence-corrected chi connectivity index (χ4v) is 4.60. The summed E-state index contributed by atoms with van der Waals surface area (Å²) >= 11 is 2.29. The van der Waals surface area contributed by atoms with Crippen molar-refractivity contribution in [2.75, 3.05) is 46.6 Å². The molecule has 0 bridgehead atoms. The van der Waals surface area contributed by atoms with Crippen LogP contribution in [0.2, 0.25) is 0 Å². The van der Waals surface area contributed by atoms with Crippen LogP contribution in [-0.2, 0) is 9.47 Å². The summed E-state index contributed by atoms with van der Waals surface area (Å²) in [6, 6.07) is 18.2. The quantitative estimate of drug-likeness (QED) is 0.215. The zero-order valence-electron chi connectivity index (χ0n) is 18.4. The van der Waals surface area contributed by atoms with Gasteiger partial charge in [-0.1, -0.05) is 36.4 Å². The molecule has 3 rings (SSSR count). The monoisotopic (exact) mass is 538 g/mol. The molecule has 170 valence electrons. The second kappa shape index (κ2) is 14.1. The van der Waals surface area contributed by atoms with Crippen LogP contribution in [0, 0.1) is 0 Å². The Kier molecular flexibility index (Phi) is 11.1. The minimum atomic E-state index is 0.640. The van der Waals surface area contributed by atoms with Crippen molar-refractivity contribution in [3.63, 3.8) is 0 Å². The number of ether oxygens (including phenoxy) is 3. The summed E-state index contributed by atoms with van der Waals surface area (Å²) in [6.45, 7) is 4.22. The van der Waals surface area contributed by atoms with Crippen LogP contribution in [0.5, 0.6) is 5.75 Å². The first-order chi connectivity index (χ1) is 15.3. The van der Waals surface area contributed by atoms with Gasteiger partial charge in [0.25, 0.3) is 0 Å². The van der Waals surface area contributed by atoms with Gasteiger partial charge in [0, 0.05) is 49.1 Å². The van der Waals surface area contributed by atoms with Crippen molar-refractivity contribution < 1.29 is 14.2 Å². The summed E-state index contributed by atoms with van der Waals surface area (Å²) < 4.78 is 19.6. The zero-order valence-corrected chi connectivity index (χ0v) is 20.6. The number of methoxy groups -OCH3 is 1. The van der Waals surface area contributed by atoms with E-state index >= 15 is 0 Å². The van der Waals surface area contributed by atoms with Crippen LogP contribution in [0.3, 0.4) is 0 Å². The molecule has 0 heterocycles. The van der Waals surface area contributed by atoms with E-state index in [0.29, 0.717) is 38.4 Å². The normalized spacial score (nSPS) is 18.8. The summed E-state index contributed by atoms with van der Waals surface area (Å²) in [7, 11) is 1.68. The molecule has 6 heteroatoms. The number of benzene rings is 2. The van der Waals surface area contributed by atoms with Gasteiger partial charge in [0.15, 0.2) is 0 Å². The van der Waals surface area contributed by atoms with Crippen molar-refractivity contribution in [3.05, 3.63) is 54.1 Å². The average Bonchev–Trinajstić information content (AvgIpc) is 2.83. The Bertz CT molecular complexity index is 731. The lowest BCUT2D eigenvalue weighted by molar-refractivity contribution is 0.0717. The Labute approximate surface area is 200 Å².